The fourth-order valence-electron chi connectivity index (χ4n) is 22.3. The summed E-state index contributed by atoms with van der Waals surface area (Å²) in [6, 6.07) is 185. The molecule has 6 heterocycles. The van der Waals surface area contributed by atoms with Crippen molar-refractivity contribution in [2.45, 2.75) is 27.7 Å². The smallest absolute Gasteiger partial charge is 0.252 e. The minimum Gasteiger partial charge on any atom is -0.311 e. The van der Waals surface area contributed by atoms with Gasteiger partial charge in [-0.05, 0) is 289 Å². The molecule has 6 aliphatic heterocycles. The molecule has 6 nitrogen and oxygen atoms in total. The van der Waals surface area contributed by atoms with E-state index in [9.17, 15) is 0 Å². The molecule has 0 saturated heterocycles. The molecule has 9 heteroatoms. The highest BCUT2D eigenvalue weighted by Crippen LogP contribution is 2.51. The molecule has 0 N–H and O–H groups in total. The van der Waals surface area contributed by atoms with Crippen molar-refractivity contribution in [3.63, 3.8) is 0 Å². The zero-order valence-electron chi connectivity index (χ0n) is 77.8. The highest BCUT2D eigenvalue weighted by molar-refractivity contribution is 7.02. The number of rotatable bonds is 12. The third-order valence-corrected chi connectivity index (χ3v) is 28.8. The van der Waals surface area contributed by atoms with Crippen LogP contribution in [0.2, 0.25) is 0 Å². The average molecular weight is 1770 g/mol. The van der Waals surface area contributed by atoms with Crippen LogP contribution in [0.4, 0.5) is 102 Å². The highest BCUT2D eigenvalue weighted by atomic mass is 15.2. The summed E-state index contributed by atoms with van der Waals surface area (Å²) < 4.78 is 0. The molecule has 0 saturated carbocycles. The first-order valence-corrected chi connectivity index (χ1v) is 48.4. The predicted octanol–water partition coefficient (Wildman–Crippen LogP) is 28.5. The first-order valence-electron chi connectivity index (χ1n) is 48.4. The van der Waals surface area contributed by atoms with Gasteiger partial charge in [-0.1, -0.05) is 380 Å². The van der Waals surface area contributed by atoms with E-state index >= 15 is 0 Å². The third kappa shape index (κ3) is 14.8. The first-order chi connectivity index (χ1) is 68.6. The minimum atomic E-state index is 0.0889. The number of benzene rings is 21. The van der Waals surface area contributed by atoms with Crippen LogP contribution in [0.25, 0.3) is 66.8 Å². The van der Waals surface area contributed by atoms with Crippen LogP contribution in [0, 0.1) is 27.7 Å². The van der Waals surface area contributed by atoms with Gasteiger partial charge in [-0.3, -0.25) is 0 Å². The van der Waals surface area contributed by atoms with Crippen LogP contribution in [0.1, 0.15) is 22.3 Å². The monoisotopic (exact) mass is 1770 g/mol. The highest BCUT2D eigenvalue weighted by Gasteiger charge is 2.47. The van der Waals surface area contributed by atoms with E-state index < -0.39 is 0 Å². The molecular formula is C130H95B3N6. The number of anilines is 18. The average Bonchev–Trinajstić information content (AvgIpc) is 0.706. The Bertz CT molecular complexity index is 8270. The van der Waals surface area contributed by atoms with E-state index in [4.69, 9.17) is 0 Å². The Balaban J connectivity index is 0.000000110. The Hall–Kier alpha value is -17.4. The van der Waals surface area contributed by atoms with Gasteiger partial charge in [0.25, 0.3) is 20.1 Å². The lowest BCUT2D eigenvalue weighted by atomic mass is 9.33. The maximum Gasteiger partial charge on any atom is 0.252 e. The second-order valence-electron chi connectivity index (χ2n) is 37.3. The lowest BCUT2D eigenvalue weighted by molar-refractivity contribution is 1.25. The van der Waals surface area contributed by atoms with Gasteiger partial charge in [-0.2, -0.15) is 0 Å². The van der Waals surface area contributed by atoms with Gasteiger partial charge >= 0.3 is 0 Å². The number of fused-ring (bicyclic) bond motifs is 12. The molecule has 0 atom stereocenters. The second-order valence-corrected chi connectivity index (χ2v) is 37.3. The molecule has 21 aromatic carbocycles. The molecule has 0 spiro atoms. The summed E-state index contributed by atoms with van der Waals surface area (Å²) in [6.45, 7) is 8.87. The molecule has 0 radical (unpaired) electrons. The van der Waals surface area contributed by atoms with Crippen molar-refractivity contribution in [2.75, 3.05) is 29.4 Å². The van der Waals surface area contributed by atoms with Gasteiger partial charge in [0.05, 0.1) is 0 Å². The van der Waals surface area contributed by atoms with Gasteiger partial charge in [-0.15, -0.1) is 0 Å². The van der Waals surface area contributed by atoms with Crippen molar-refractivity contribution in [3.05, 3.63) is 526 Å². The molecule has 0 fully saturated rings. The predicted molar refractivity (Wildman–Crippen MR) is 593 cm³/mol. The van der Waals surface area contributed by atoms with Gasteiger partial charge in [-0.25, -0.2) is 0 Å². The molecule has 139 heavy (non-hydrogen) atoms. The number of hydrogen-bond acceptors (Lipinski definition) is 6. The van der Waals surface area contributed by atoms with E-state index in [1.54, 1.807) is 0 Å². The summed E-state index contributed by atoms with van der Waals surface area (Å²) in [5.41, 5.74) is 53.4. The topological polar surface area (TPSA) is 19.4 Å². The molecular weight excluding hydrogens is 1680 g/mol. The summed E-state index contributed by atoms with van der Waals surface area (Å²) >= 11 is 0. The van der Waals surface area contributed by atoms with Crippen molar-refractivity contribution >= 4 is 172 Å². The molecule has 21 aromatic rings. The van der Waals surface area contributed by atoms with E-state index in [0.29, 0.717) is 0 Å². The number of para-hydroxylation sites is 5. The van der Waals surface area contributed by atoms with Gasteiger partial charge in [0.15, 0.2) is 0 Å². The first kappa shape index (κ1) is 83.4. The standard InChI is InChI=1S/C45H35BN2.C43H31BN2.C42H29BN2/c1-30-14-20-33(21-15-30)35-8-6-9-38(28-35)48-42-27-24-36(34-22-16-31(2)17-23-34)29-40(42)46-39-10-4-5-11-41(39)47(37-25-18-32(3)19-26-37)43-12-7-13-44(48)45(43)46;1-30-22-24-32(25-23-30)34-26-27-40-38(29-34)44-37-18-8-9-19-39(37)45(35-15-6-3-7-16-35)41-20-11-21-42(43(41)44)46(40)36-17-10-14-33(28-36)31-12-4-2-5-13-31;1-4-14-30(15-5-1)32-18-12-21-35(28-32)45-39-27-26-33(31-16-6-2-7-17-31)29-37(39)43-36-22-10-11-23-38(36)44(34-19-8-3-9-20-34)40-24-13-25-41(45)42(40)43/h4-29H,1-3H3;2-29H,1H3;1-29H. The van der Waals surface area contributed by atoms with Crippen LogP contribution < -0.4 is 78.6 Å². The van der Waals surface area contributed by atoms with Crippen molar-refractivity contribution in [3.8, 4) is 66.8 Å². The van der Waals surface area contributed by atoms with Crippen molar-refractivity contribution in [2.24, 2.45) is 0 Å². The summed E-state index contributed by atoms with van der Waals surface area (Å²) in [6.07, 6.45) is 0. The van der Waals surface area contributed by atoms with Gasteiger partial charge < -0.3 is 29.4 Å². The Kier molecular flexibility index (Phi) is 21.1. The van der Waals surface area contributed by atoms with Crippen molar-refractivity contribution < 1.29 is 0 Å². The van der Waals surface area contributed by atoms with E-state index in [2.05, 4.69) is 561 Å². The van der Waals surface area contributed by atoms with Crippen LogP contribution in [0.15, 0.2) is 504 Å². The van der Waals surface area contributed by atoms with Crippen LogP contribution in [-0.2, 0) is 0 Å². The second kappa shape index (κ2) is 35.1. The maximum absolute atomic E-state index is 2.49. The van der Waals surface area contributed by atoms with Crippen molar-refractivity contribution in [1.29, 1.82) is 0 Å². The lowest BCUT2D eigenvalue weighted by Crippen LogP contribution is -2.61. The minimum absolute atomic E-state index is 0.0889. The Morgan fingerprint density at radius 3 is 0.583 bits per heavy atom. The molecule has 0 aromatic heterocycles. The van der Waals surface area contributed by atoms with E-state index in [1.165, 1.54) is 223 Å². The van der Waals surface area contributed by atoms with Gasteiger partial charge in [0.1, 0.15) is 0 Å². The van der Waals surface area contributed by atoms with E-state index in [-0.39, 0.29) is 20.1 Å². The molecule has 27 rings (SSSR count). The largest absolute Gasteiger partial charge is 0.311 e. The zero-order valence-corrected chi connectivity index (χ0v) is 77.8. The molecule has 0 unspecified atom stereocenters. The Labute approximate surface area is 815 Å². The summed E-state index contributed by atoms with van der Waals surface area (Å²) in [5, 5.41) is 0. The van der Waals surface area contributed by atoms with Crippen LogP contribution in [0.5, 0.6) is 0 Å². The number of nitrogens with zero attached hydrogens (tertiary/aromatic N) is 6. The van der Waals surface area contributed by atoms with Gasteiger partial charge in [0, 0.05) is 102 Å². The van der Waals surface area contributed by atoms with Crippen molar-refractivity contribution in [1.82, 2.24) is 0 Å². The van der Waals surface area contributed by atoms with E-state index in [1.807, 2.05) is 0 Å². The molecule has 0 bridgehead atoms. The zero-order chi connectivity index (χ0) is 92.7. The van der Waals surface area contributed by atoms with Crippen LogP contribution >= 0.6 is 0 Å². The fraction of sp³-hybridized carbons (Fsp3) is 0.0308. The molecule has 0 amide bonds. The van der Waals surface area contributed by atoms with Crippen LogP contribution in [0.3, 0.4) is 0 Å². The SMILES string of the molecule is Cc1ccc(-c2ccc3c(c2)B2c4ccccc4N(c4ccccc4)c4cccc(c42)N3c2cccc(-c3ccccc3)c2)cc1.Cc1ccc(-c2cccc(N3c4ccc(-c5ccc(C)cc5)cc4B4c5ccccc5N(c5ccc(C)cc5)c5cccc3c54)c2)cc1.c1ccc(-c2cccc(N3c4ccc(-c5ccccc5)cc4B4c5ccccc5N(c5ccccc5)c5cccc3c54)c2)cc1. The fourth-order valence-corrected chi connectivity index (χ4v) is 22.3. The quantitative estimate of drug-likeness (QED) is 0.113. The molecule has 0 aliphatic carbocycles. The third-order valence-electron chi connectivity index (χ3n) is 28.8. The van der Waals surface area contributed by atoms with Gasteiger partial charge in [0.2, 0.25) is 0 Å². The summed E-state index contributed by atoms with van der Waals surface area (Å²) in [7, 11) is 0. The summed E-state index contributed by atoms with van der Waals surface area (Å²) in [4.78, 5) is 14.8. The Morgan fingerprint density at radius 2 is 0.302 bits per heavy atom. The normalized spacial score (nSPS) is 12.8. The number of aryl methyl sites for hydroxylation is 4. The number of hydrogen-bond donors (Lipinski definition) is 0. The summed E-state index contributed by atoms with van der Waals surface area (Å²) in [5.74, 6) is 0. The molecule has 6 aliphatic rings. The molecule has 654 valence electrons. The van der Waals surface area contributed by atoms with E-state index in [0.717, 1.165) is 17.1 Å². The maximum atomic E-state index is 2.49. The Morgan fingerprint density at radius 1 is 0.122 bits per heavy atom. The lowest BCUT2D eigenvalue weighted by Gasteiger charge is -2.44. The van der Waals surface area contributed by atoms with Crippen LogP contribution in [-0.4, -0.2) is 20.1 Å².